The van der Waals surface area contributed by atoms with E-state index in [0.29, 0.717) is 19.0 Å². The summed E-state index contributed by atoms with van der Waals surface area (Å²) in [6.07, 6.45) is 4.65. The van der Waals surface area contributed by atoms with Crippen LogP contribution in [0.2, 0.25) is 0 Å². The number of carbonyl (C=O) groups excluding carboxylic acids is 2. The molecule has 176 valence electrons. The third-order valence-corrected chi connectivity index (χ3v) is 6.65. The van der Waals surface area contributed by atoms with E-state index in [2.05, 4.69) is 4.90 Å². The molecule has 1 saturated carbocycles. The number of ether oxygens (including phenoxy) is 2. The van der Waals surface area contributed by atoms with Gasteiger partial charge < -0.3 is 14.4 Å². The predicted molar refractivity (Wildman–Crippen MR) is 123 cm³/mol. The lowest BCUT2D eigenvalue weighted by Gasteiger charge is -2.37. The highest BCUT2D eigenvalue weighted by atomic mass is 16.6. The van der Waals surface area contributed by atoms with Crippen LogP contribution in [0.1, 0.15) is 52.9 Å². The normalized spacial score (nSPS) is 25.2. The van der Waals surface area contributed by atoms with Crippen LogP contribution in [-0.4, -0.2) is 83.2 Å². The first-order chi connectivity index (χ1) is 15.3. The van der Waals surface area contributed by atoms with E-state index < -0.39 is 17.7 Å². The number of hydrogen-bond donors (Lipinski definition) is 0. The Labute approximate surface area is 191 Å². The van der Waals surface area contributed by atoms with Crippen molar-refractivity contribution >= 4 is 12.0 Å². The summed E-state index contributed by atoms with van der Waals surface area (Å²) in [5.74, 6) is 0.770. The van der Waals surface area contributed by atoms with Gasteiger partial charge in [-0.1, -0.05) is 24.6 Å². The van der Waals surface area contributed by atoms with E-state index in [9.17, 15) is 9.59 Å². The molecule has 0 bridgehead atoms. The summed E-state index contributed by atoms with van der Waals surface area (Å²) >= 11 is 0. The van der Waals surface area contributed by atoms with Gasteiger partial charge >= 0.3 is 6.09 Å². The fourth-order valence-electron chi connectivity index (χ4n) is 4.82. The maximum Gasteiger partial charge on any atom is 0.411 e. The first kappa shape index (κ1) is 22.9. The molecule has 2 saturated heterocycles. The van der Waals surface area contributed by atoms with E-state index in [1.807, 2.05) is 56.0 Å². The van der Waals surface area contributed by atoms with Crippen LogP contribution in [0.4, 0.5) is 4.79 Å². The number of benzene rings is 1. The van der Waals surface area contributed by atoms with Crippen molar-refractivity contribution in [3.05, 3.63) is 30.3 Å². The Morgan fingerprint density at radius 1 is 0.969 bits per heavy atom. The molecule has 2 aliphatic heterocycles. The number of nitrogens with zero attached hydrogens (tertiary/aromatic N) is 3. The van der Waals surface area contributed by atoms with Gasteiger partial charge in [-0.05, 0) is 52.2 Å². The first-order valence-electron chi connectivity index (χ1n) is 12.0. The minimum Gasteiger partial charge on any atom is -0.488 e. The van der Waals surface area contributed by atoms with Gasteiger partial charge in [-0.2, -0.15) is 0 Å². The summed E-state index contributed by atoms with van der Waals surface area (Å²) in [5, 5.41) is 0. The Hall–Kier alpha value is -2.28. The van der Waals surface area contributed by atoms with Crippen molar-refractivity contribution < 1.29 is 19.1 Å². The fraction of sp³-hybridized carbons (Fsp3) is 0.680. The fourth-order valence-corrected chi connectivity index (χ4v) is 4.82. The standard InChI is InChI=1S/C25H37N3O4/c1-25(2,3)32-24(30)28-18-21(31-20-11-5-4-6-12-20)17-22(28)23(29)27-14-8-13-26(15-16-27)19-9-7-10-19/h4-6,11-12,19,21-22H,7-10,13-18H2,1-3H3. The molecule has 0 radical (unpaired) electrons. The van der Waals surface area contributed by atoms with Crippen molar-refractivity contribution in [1.82, 2.24) is 14.7 Å². The maximum absolute atomic E-state index is 13.6. The van der Waals surface area contributed by atoms with Crippen LogP contribution in [-0.2, 0) is 9.53 Å². The van der Waals surface area contributed by atoms with Crippen molar-refractivity contribution in [2.24, 2.45) is 0 Å². The molecule has 1 aromatic carbocycles. The second-order valence-electron chi connectivity index (χ2n) is 10.2. The van der Waals surface area contributed by atoms with E-state index >= 15 is 0 Å². The molecule has 2 unspecified atom stereocenters. The van der Waals surface area contributed by atoms with Gasteiger partial charge in [0.2, 0.25) is 5.91 Å². The Kier molecular flexibility index (Phi) is 6.93. The molecular weight excluding hydrogens is 406 g/mol. The Balaban J connectivity index is 1.44. The van der Waals surface area contributed by atoms with Gasteiger partial charge in [-0.25, -0.2) is 4.79 Å². The molecule has 0 aromatic heterocycles. The van der Waals surface area contributed by atoms with E-state index in [-0.39, 0.29) is 12.0 Å². The molecule has 7 nitrogen and oxygen atoms in total. The average molecular weight is 444 g/mol. The van der Waals surface area contributed by atoms with Crippen LogP contribution in [0, 0.1) is 0 Å². The van der Waals surface area contributed by atoms with Crippen molar-refractivity contribution in [3.8, 4) is 5.75 Å². The number of para-hydroxylation sites is 1. The Morgan fingerprint density at radius 2 is 1.72 bits per heavy atom. The molecule has 4 rings (SSSR count). The highest BCUT2D eigenvalue weighted by Crippen LogP contribution is 2.28. The smallest absolute Gasteiger partial charge is 0.411 e. The quantitative estimate of drug-likeness (QED) is 0.712. The van der Waals surface area contributed by atoms with Gasteiger partial charge in [0.1, 0.15) is 23.5 Å². The highest BCUT2D eigenvalue weighted by molar-refractivity contribution is 5.86. The van der Waals surface area contributed by atoms with Crippen LogP contribution in [0.3, 0.4) is 0 Å². The molecule has 3 aliphatic rings. The van der Waals surface area contributed by atoms with Crippen LogP contribution in [0.25, 0.3) is 0 Å². The van der Waals surface area contributed by atoms with E-state index in [4.69, 9.17) is 9.47 Å². The van der Waals surface area contributed by atoms with Gasteiger partial charge in [0.25, 0.3) is 0 Å². The molecule has 3 fully saturated rings. The average Bonchev–Trinajstić information content (AvgIpc) is 2.97. The van der Waals surface area contributed by atoms with E-state index in [0.717, 1.165) is 38.3 Å². The van der Waals surface area contributed by atoms with Crippen molar-refractivity contribution in [2.45, 2.75) is 76.7 Å². The lowest BCUT2D eigenvalue weighted by Crippen LogP contribution is -2.50. The molecule has 2 atom stereocenters. The highest BCUT2D eigenvalue weighted by Gasteiger charge is 2.44. The first-order valence-corrected chi connectivity index (χ1v) is 12.0. The molecule has 0 spiro atoms. The van der Waals surface area contributed by atoms with Crippen molar-refractivity contribution in [1.29, 1.82) is 0 Å². The zero-order valence-electron chi connectivity index (χ0n) is 19.7. The zero-order chi connectivity index (χ0) is 22.7. The molecular formula is C25H37N3O4. The van der Waals surface area contributed by atoms with Crippen LogP contribution >= 0.6 is 0 Å². The SMILES string of the molecule is CC(C)(C)OC(=O)N1CC(Oc2ccccc2)CC1C(=O)N1CCCN(C2CCC2)CC1. The molecule has 2 heterocycles. The minimum atomic E-state index is -0.616. The van der Waals surface area contributed by atoms with Crippen LogP contribution < -0.4 is 4.74 Å². The summed E-state index contributed by atoms with van der Waals surface area (Å²) in [4.78, 5) is 32.6. The van der Waals surface area contributed by atoms with Crippen molar-refractivity contribution in [3.63, 3.8) is 0 Å². The molecule has 7 heteroatoms. The van der Waals surface area contributed by atoms with E-state index in [1.54, 1.807) is 4.90 Å². The number of carbonyl (C=O) groups is 2. The summed E-state index contributed by atoms with van der Waals surface area (Å²) in [7, 11) is 0. The summed E-state index contributed by atoms with van der Waals surface area (Å²) in [5.41, 5.74) is -0.616. The van der Waals surface area contributed by atoms with Crippen LogP contribution in [0.15, 0.2) is 30.3 Å². The Bertz CT molecular complexity index is 790. The second-order valence-corrected chi connectivity index (χ2v) is 10.2. The molecule has 1 aromatic rings. The summed E-state index contributed by atoms with van der Waals surface area (Å²) in [6.45, 7) is 9.32. The topological polar surface area (TPSA) is 62.3 Å². The monoisotopic (exact) mass is 443 g/mol. The predicted octanol–water partition coefficient (Wildman–Crippen LogP) is 3.53. The Morgan fingerprint density at radius 3 is 2.38 bits per heavy atom. The molecule has 1 aliphatic carbocycles. The summed E-state index contributed by atoms with van der Waals surface area (Å²) < 4.78 is 11.8. The van der Waals surface area contributed by atoms with Crippen molar-refractivity contribution in [2.75, 3.05) is 32.7 Å². The maximum atomic E-state index is 13.6. The van der Waals surface area contributed by atoms with Gasteiger partial charge in [0.05, 0.1) is 6.54 Å². The third-order valence-electron chi connectivity index (χ3n) is 6.65. The minimum absolute atomic E-state index is 0.0190. The molecule has 2 amide bonds. The third kappa shape index (κ3) is 5.55. The zero-order valence-corrected chi connectivity index (χ0v) is 19.7. The van der Waals surface area contributed by atoms with Gasteiger partial charge in [-0.15, -0.1) is 0 Å². The lowest BCUT2D eigenvalue weighted by atomic mass is 9.91. The van der Waals surface area contributed by atoms with Gasteiger partial charge in [0.15, 0.2) is 0 Å². The van der Waals surface area contributed by atoms with Gasteiger partial charge in [-0.3, -0.25) is 14.6 Å². The molecule has 32 heavy (non-hydrogen) atoms. The lowest BCUT2D eigenvalue weighted by molar-refractivity contribution is -0.135. The largest absolute Gasteiger partial charge is 0.488 e. The second kappa shape index (κ2) is 9.69. The number of likely N-dealkylation sites (tertiary alicyclic amines) is 1. The van der Waals surface area contributed by atoms with Gasteiger partial charge in [0, 0.05) is 38.6 Å². The summed E-state index contributed by atoms with van der Waals surface area (Å²) in [6, 6.07) is 9.72. The number of rotatable bonds is 4. The molecule has 0 N–H and O–H groups in total. The number of hydrogen-bond acceptors (Lipinski definition) is 5. The number of amides is 2. The van der Waals surface area contributed by atoms with Crippen LogP contribution in [0.5, 0.6) is 5.75 Å². The van der Waals surface area contributed by atoms with E-state index in [1.165, 1.54) is 19.3 Å².